The highest BCUT2D eigenvalue weighted by Gasteiger charge is 2.19. The van der Waals surface area contributed by atoms with E-state index in [1.807, 2.05) is 0 Å². The first-order valence-electron chi connectivity index (χ1n) is 5.83. The molecular formula is C10H14N4O5. The highest BCUT2D eigenvalue weighted by Crippen LogP contribution is 2.18. The Morgan fingerprint density at radius 2 is 2.11 bits per heavy atom. The second kappa shape index (κ2) is 5.76. The molecule has 1 fully saturated rings. The molecule has 0 atom stereocenters. The maximum absolute atomic E-state index is 11.7. The summed E-state index contributed by atoms with van der Waals surface area (Å²) in [5.74, 6) is -0.873. The third-order valence-corrected chi connectivity index (χ3v) is 2.93. The second-order valence-corrected chi connectivity index (χ2v) is 4.12. The summed E-state index contributed by atoms with van der Waals surface area (Å²) in [6.07, 6.45) is 0.885. The Hall–Kier alpha value is -2.00. The van der Waals surface area contributed by atoms with E-state index < -0.39 is 21.9 Å². The van der Waals surface area contributed by atoms with Gasteiger partial charge in [-0.1, -0.05) is 0 Å². The third-order valence-electron chi connectivity index (χ3n) is 2.93. The normalized spacial score (nSPS) is 16.4. The molecule has 0 bridgehead atoms. The predicted octanol–water partition coefficient (Wildman–Crippen LogP) is -0.811. The van der Waals surface area contributed by atoms with Crippen molar-refractivity contribution in [1.29, 1.82) is 0 Å². The lowest BCUT2D eigenvalue weighted by atomic mass is 10.4. The number of rotatable bonds is 4. The summed E-state index contributed by atoms with van der Waals surface area (Å²) in [6.45, 7) is 3.68. The molecule has 0 unspecified atom stereocenters. The highest BCUT2D eigenvalue weighted by molar-refractivity contribution is 5.40. The second-order valence-electron chi connectivity index (χ2n) is 4.12. The van der Waals surface area contributed by atoms with Gasteiger partial charge in [-0.25, -0.2) is 4.68 Å². The van der Waals surface area contributed by atoms with Crippen LogP contribution in [0.5, 0.6) is 5.75 Å². The van der Waals surface area contributed by atoms with E-state index in [-0.39, 0.29) is 6.54 Å². The molecule has 9 heteroatoms. The Morgan fingerprint density at radius 3 is 2.74 bits per heavy atom. The van der Waals surface area contributed by atoms with E-state index in [9.17, 15) is 20.0 Å². The number of hydrogen-bond donors (Lipinski definition) is 1. The van der Waals surface area contributed by atoms with E-state index in [1.165, 1.54) is 0 Å². The first-order chi connectivity index (χ1) is 9.09. The van der Waals surface area contributed by atoms with Crippen molar-refractivity contribution in [2.24, 2.45) is 0 Å². The summed E-state index contributed by atoms with van der Waals surface area (Å²) in [4.78, 5) is 23.5. The van der Waals surface area contributed by atoms with E-state index in [2.05, 4.69) is 10.00 Å². The fourth-order valence-electron chi connectivity index (χ4n) is 1.82. The monoisotopic (exact) mass is 270 g/mol. The van der Waals surface area contributed by atoms with Gasteiger partial charge in [0.1, 0.15) is 6.20 Å². The van der Waals surface area contributed by atoms with Gasteiger partial charge in [0, 0.05) is 19.6 Å². The quantitative estimate of drug-likeness (QED) is 0.562. The molecule has 19 heavy (non-hydrogen) atoms. The average Bonchev–Trinajstić information content (AvgIpc) is 2.41. The fraction of sp³-hybridized carbons (Fsp3) is 0.600. The van der Waals surface area contributed by atoms with Crippen LogP contribution >= 0.6 is 0 Å². The van der Waals surface area contributed by atoms with E-state index in [4.69, 9.17) is 4.74 Å². The van der Waals surface area contributed by atoms with Crippen LogP contribution in [0.1, 0.15) is 0 Å². The lowest BCUT2D eigenvalue weighted by molar-refractivity contribution is -0.386. The van der Waals surface area contributed by atoms with Crippen molar-refractivity contribution in [3.63, 3.8) is 0 Å². The molecule has 0 radical (unpaired) electrons. The van der Waals surface area contributed by atoms with Crippen LogP contribution in [0.2, 0.25) is 0 Å². The minimum absolute atomic E-state index is 0.268. The van der Waals surface area contributed by atoms with Crippen molar-refractivity contribution < 1.29 is 14.8 Å². The Kier molecular flexibility index (Phi) is 4.07. The number of nitro groups is 1. The Balaban J connectivity index is 2.06. The molecule has 104 valence electrons. The van der Waals surface area contributed by atoms with Crippen LogP contribution in [0.25, 0.3) is 0 Å². The smallest absolute Gasteiger partial charge is 0.336 e. The summed E-state index contributed by atoms with van der Waals surface area (Å²) in [5.41, 5.74) is -1.52. The van der Waals surface area contributed by atoms with E-state index in [0.717, 1.165) is 24.0 Å². The van der Waals surface area contributed by atoms with Gasteiger partial charge in [-0.05, 0) is 0 Å². The Labute approximate surface area is 108 Å². The van der Waals surface area contributed by atoms with Gasteiger partial charge >= 0.3 is 11.2 Å². The van der Waals surface area contributed by atoms with Crippen LogP contribution in [-0.2, 0) is 11.3 Å². The molecule has 1 aliphatic rings. The topological polar surface area (TPSA) is 111 Å². The lowest BCUT2D eigenvalue weighted by Gasteiger charge is -2.26. The van der Waals surface area contributed by atoms with Gasteiger partial charge < -0.3 is 9.84 Å². The largest absolute Gasteiger partial charge is 0.498 e. The molecule has 1 aliphatic heterocycles. The molecule has 2 heterocycles. The van der Waals surface area contributed by atoms with Crippen molar-refractivity contribution >= 4 is 5.69 Å². The summed E-state index contributed by atoms with van der Waals surface area (Å²) in [5, 5.41) is 23.7. The number of morpholine rings is 1. The van der Waals surface area contributed by atoms with Crippen LogP contribution in [0, 0.1) is 10.1 Å². The molecule has 1 aromatic heterocycles. The first-order valence-corrected chi connectivity index (χ1v) is 5.83. The van der Waals surface area contributed by atoms with E-state index >= 15 is 0 Å². The standard InChI is InChI=1S/C10H14N4O5/c15-9-8(14(17)18)7-11-13(10(9)16)2-1-12-3-5-19-6-4-12/h7,15H,1-6H2. The molecule has 1 N–H and O–H groups in total. The van der Waals surface area contributed by atoms with Gasteiger partial charge in [0.25, 0.3) is 5.75 Å². The molecule has 0 aromatic carbocycles. The predicted molar refractivity (Wildman–Crippen MR) is 64.1 cm³/mol. The number of nitrogens with zero attached hydrogens (tertiary/aromatic N) is 4. The van der Waals surface area contributed by atoms with Crippen LogP contribution in [0.3, 0.4) is 0 Å². The lowest BCUT2D eigenvalue weighted by Crippen LogP contribution is -2.39. The van der Waals surface area contributed by atoms with Crippen LogP contribution in [-0.4, -0.2) is 57.6 Å². The minimum Gasteiger partial charge on any atom is -0.498 e. The molecule has 0 spiro atoms. The maximum atomic E-state index is 11.7. The van der Waals surface area contributed by atoms with Crippen molar-refractivity contribution in [3.05, 3.63) is 26.7 Å². The zero-order chi connectivity index (χ0) is 13.8. The molecular weight excluding hydrogens is 256 g/mol. The molecule has 0 amide bonds. The zero-order valence-corrected chi connectivity index (χ0v) is 10.2. The van der Waals surface area contributed by atoms with Gasteiger partial charge in [0.2, 0.25) is 0 Å². The van der Waals surface area contributed by atoms with Crippen molar-refractivity contribution in [3.8, 4) is 5.75 Å². The SMILES string of the molecule is O=c1c(O)c([N+](=O)[O-])cnn1CCN1CCOCC1. The summed E-state index contributed by atoms with van der Waals surface area (Å²) in [7, 11) is 0. The van der Waals surface area contributed by atoms with Gasteiger partial charge in [-0.2, -0.15) is 5.10 Å². The van der Waals surface area contributed by atoms with Crippen molar-refractivity contribution in [2.75, 3.05) is 32.8 Å². The van der Waals surface area contributed by atoms with Crippen molar-refractivity contribution in [1.82, 2.24) is 14.7 Å². The van der Waals surface area contributed by atoms with Crippen LogP contribution in [0.15, 0.2) is 11.0 Å². The molecule has 0 saturated carbocycles. The molecule has 1 aromatic rings. The van der Waals surface area contributed by atoms with E-state index in [1.54, 1.807) is 0 Å². The summed E-state index contributed by atoms with van der Waals surface area (Å²) < 4.78 is 6.22. The number of ether oxygens (including phenoxy) is 1. The number of hydrogen-bond acceptors (Lipinski definition) is 7. The summed E-state index contributed by atoms with van der Waals surface area (Å²) in [6, 6.07) is 0. The average molecular weight is 270 g/mol. The molecule has 9 nitrogen and oxygen atoms in total. The minimum atomic E-state index is -0.873. The maximum Gasteiger partial charge on any atom is 0.336 e. The fourth-order valence-corrected chi connectivity index (χ4v) is 1.82. The zero-order valence-electron chi connectivity index (χ0n) is 10.2. The molecule has 0 aliphatic carbocycles. The van der Waals surface area contributed by atoms with Crippen LogP contribution in [0.4, 0.5) is 5.69 Å². The van der Waals surface area contributed by atoms with Gasteiger partial charge in [0.05, 0.1) is 24.7 Å². The van der Waals surface area contributed by atoms with Crippen molar-refractivity contribution in [2.45, 2.75) is 6.54 Å². The molecule has 1 saturated heterocycles. The van der Waals surface area contributed by atoms with Gasteiger partial charge in [-0.15, -0.1) is 0 Å². The van der Waals surface area contributed by atoms with E-state index in [0.29, 0.717) is 19.8 Å². The molecule has 2 rings (SSSR count). The van der Waals surface area contributed by atoms with Gasteiger partial charge in [-0.3, -0.25) is 19.8 Å². The Bertz CT molecular complexity index is 523. The first kappa shape index (κ1) is 13.4. The number of aromatic hydroxyl groups is 1. The van der Waals surface area contributed by atoms with Gasteiger partial charge in [0.15, 0.2) is 0 Å². The number of aromatic nitrogens is 2. The Morgan fingerprint density at radius 1 is 1.42 bits per heavy atom. The van der Waals surface area contributed by atoms with Crippen LogP contribution < -0.4 is 5.56 Å². The third kappa shape index (κ3) is 3.06. The summed E-state index contributed by atoms with van der Waals surface area (Å²) >= 11 is 0. The highest BCUT2D eigenvalue weighted by atomic mass is 16.6.